The third kappa shape index (κ3) is 11.9. The van der Waals surface area contributed by atoms with Crippen molar-refractivity contribution >= 4 is 17.6 Å². The first-order valence-corrected chi connectivity index (χ1v) is 16.1. The van der Waals surface area contributed by atoms with E-state index in [-0.39, 0.29) is 12.1 Å². The Labute approximate surface area is 248 Å². The lowest BCUT2D eigenvalue weighted by Gasteiger charge is -2.36. The van der Waals surface area contributed by atoms with Gasteiger partial charge in [-0.15, -0.1) is 0 Å². The normalized spacial score (nSPS) is 14.6. The van der Waals surface area contributed by atoms with Crippen molar-refractivity contribution in [1.29, 1.82) is 0 Å². The largest absolute Gasteiger partial charge is 0.459 e. The highest BCUT2D eigenvalue weighted by atomic mass is 16.5. The molecule has 3 rings (SSSR count). The van der Waals surface area contributed by atoms with Gasteiger partial charge in [0.25, 0.3) is 0 Å². The van der Waals surface area contributed by atoms with Gasteiger partial charge < -0.3 is 14.4 Å². The number of benzene rings is 2. The van der Waals surface area contributed by atoms with E-state index >= 15 is 0 Å². The van der Waals surface area contributed by atoms with Crippen molar-refractivity contribution in [2.45, 2.75) is 104 Å². The number of carbonyl (C=O) groups excluding carboxylic acids is 2. The number of unbranched alkanes of at least 4 members (excludes halogenated alkanes) is 9. The maximum atomic E-state index is 12.7. The van der Waals surface area contributed by atoms with Crippen LogP contribution in [0.2, 0.25) is 0 Å². The van der Waals surface area contributed by atoms with Crippen molar-refractivity contribution in [2.75, 3.05) is 37.6 Å². The standard InChI is InChI=1S/C35H52N2O4/c1-4-6-8-10-11-12-14-24-36-25-27-37(28-26-36)32-20-16-30(17-21-32)35(39)41-33-22-18-31(19-23-33)34(38)40-29(3)15-13-9-7-5-2/h16-23,29H,4-15,24-28H2,1-3H3/t29-/m1/s1. The molecule has 0 aliphatic carbocycles. The molecule has 1 heterocycles. The summed E-state index contributed by atoms with van der Waals surface area (Å²) in [7, 11) is 0. The van der Waals surface area contributed by atoms with Gasteiger partial charge in [0.15, 0.2) is 0 Å². The number of hydrogen-bond acceptors (Lipinski definition) is 6. The summed E-state index contributed by atoms with van der Waals surface area (Å²) in [5.74, 6) is -0.354. The molecule has 0 bridgehead atoms. The maximum Gasteiger partial charge on any atom is 0.343 e. The van der Waals surface area contributed by atoms with Crippen molar-refractivity contribution < 1.29 is 19.1 Å². The van der Waals surface area contributed by atoms with Crippen LogP contribution >= 0.6 is 0 Å². The first-order valence-electron chi connectivity index (χ1n) is 16.1. The Bertz CT molecular complexity index is 1010. The minimum atomic E-state index is -0.410. The predicted octanol–water partition coefficient (Wildman–Crippen LogP) is 8.29. The highest BCUT2D eigenvalue weighted by Gasteiger charge is 2.18. The van der Waals surface area contributed by atoms with Crippen molar-refractivity contribution in [2.24, 2.45) is 0 Å². The van der Waals surface area contributed by atoms with E-state index in [9.17, 15) is 9.59 Å². The number of carbonyl (C=O) groups is 2. The number of ether oxygens (including phenoxy) is 2. The minimum Gasteiger partial charge on any atom is -0.459 e. The van der Waals surface area contributed by atoms with Gasteiger partial charge in [-0.2, -0.15) is 0 Å². The zero-order valence-corrected chi connectivity index (χ0v) is 25.7. The van der Waals surface area contributed by atoms with Crippen LogP contribution in [0.4, 0.5) is 5.69 Å². The molecule has 41 heavy (non-hydrogen) atoms. The van der Waals surface area contributed by atoms with Crippen LogP contribution < -0.4 is 9.64 Å². The fourth-order valence-corrected chi connectivity index (χ4v) is 5.32. The Morgan fingerprint density at radius 3 is 1.85 bits per heavy atom. The van der Waals surface area contributed by atoms with E-state index in [2.05, 4.69) is 23.6 Å². The molecule has 1 atom stereocenters. The number of rotatable bonds is 18. The topological polar surface area (TPSA) is 59.1 Å². The van der Waals surface area contributed by atoms with Gasteiger partial charge >= 0.3 is 11.9 Å². The third-order valence-corrected chi connectivity index (χ3v) is 7.99. The van der Waals surface area contributed by atoms with E-state index in [0.29, 0.717) is 16.9 Å². The second kappa shape index (κ2) is 18.5. The lowest BCUT2D eigenvalue weighted by atomic mass is 10.1. The van der Waals surface area contributed by atoms with Gasteiger partial charge in [0, 0.05) is 31.9 Å². The number of esters is 2. The van der Waals surface area contributed by atoms with E-state index in [0.717, 1.165) is 51.1 Å². The van der Waals surface area contributed by atoms with Gasteiger partial charge in [0.2, 0.25) is 0 Å². The van der Waals surface area contributed by atoms with Crippen molar-refractivity contribution in [1.82, 2.24) is 4.90 Å². The second-order valence-electron chi connectivity index (χ2n) is 11.5. The zero-order chi connectivity index (χ0) is 29.3. The van der Waals surface area contributed by atoms with Gasteiger partial charge in [0.1, 0.15) is 5.75 Å². The summed E-state index contributed by atoms with van der Waals surface area (Å²) in [6, 6.07) is 14.2. The minimum absolute atomic E-state index is 0.112. The van der Waals surface area contributed by atoms with Gasteiger partial charge in [0.05, 0.1) is 17.2 Å². The van der Waals surface area contributed by atoms with Crippen LogP contribution in [0.25, 0.3) is 0 Å². The smallest absolute Gasteiger partial charge is 0.343 e. The Balaban J connectivity index is 1.37. The molecule has 0 amide bonds. The lowest BCUT2D eigenvalue weighted by Crippen LogP contribution is -2.46. The highest BCUT2D eigenvalue weighted by molar-refractivity contribution is 5.92. The summed E-state index contributed by atoms with van der Waals surface area (Å²) in [5.41, 5.74) is 2.10. The van der Waals surface area contributed by atoms with Gasteiger partial charge in [-0.05, 0) is 81.3 Å². The average molecular weight is 565 g/mol. The number of nitrogens with zero attached hydrogens (tertiary/aromatic N) is 2. The van der Waals surface area contributed by atoms with Gasteiger partial charge in [-0.3, -0.25) is 4.90 Å². The van der Waals surface area contributed by atoms with Crippen LogP contribution in [-0.2, 0) is 4.74 Å². The molecular weight excluding hydrogens is 512 g/mol. The van der Waals surface area contributed by atoms with E-state index in [1.165, 1.54) is 64.3 Å². The summed E-state index contributed by atoms with van der Waals surface area (Å²) in [6.45, 7) is 11.8. The Kier molecular flexibility index (Phi) is 14.8. The first-order chi connectivity index (χ1) is 20.0. The van der Waals surface area contributed by atoms with Crippen molar-refractivity contribution in [3.05, 3.63) is 59.7 Å². The molecule has 0 aromatic heterocycles. The van der Waals surface area contributed by atoms with E-state index < -0.39 is 5.97 Å². The van der Waals surface area contributed by atoms with Crippen LogP contribution in [0.5, 0.6) is 5.75 Å². The van der Waals surface area contributed by atoms with E-state index in [1.807, 2.05) is 31.2 Å². The van der Waals surface area contributed by atoms with Gasteiger partial charge in [-0.1, -0.05) is 71.6 Å². The predicted molar refractivity (Wildman–Crippen MR) is 168 cm³/mol. The fourth-order valence-electron chi connectivity index (χ4n) is 5.32. The fraction of sp³-hybridized carbons (Fsp3) is 0.600. The molecular formula is C35H52N2O4. The highest BCUT2D eigenvalue weighted by Crippen LogP contribution is 2.20. The molecule has 2 aromatic rings. The number of piperazine rings is 1. The Hall–Kier alpha value is -2.86. The second-order valence-corrected chi connectivity index (χ2v) is 11.5. The summed E-state index contributed by atoms with van der Waals surface area (Å²) < 4.78 is 11.1. The summed E-state index contributed by atoms with van der Waals surface area (Å²) >= 11 is 0. The average Bonchev–Trinajstić information content (AvgIpc) is 2.99. The SMILES string of the molecule is CCCCCCCCCN1CCN(c2ccc(C(=O)Oc3ccc(C(=O)O[C@H](C)CCCCCC)cc3)cc2)CC1. The number of hydrogen-bond donors (Lipinski definition) is 0. The molecule has 6 nitrogen and oxygen atoms in total. The number of anilines is 1. The molecule has 1 fully saturated rings. The molecule has 2 aromatic carbocycles. The van der Waals surface area contributed by atoms with Gasteiger partial charge in [-0.25, -0.2) is 9.59 Å². The first kappa shape index (κ1) is 32.7. The van der Waals surface area contributed by atoms with Crippen LogP contribution in [0, 0.1) is 0 Å². The summed E-state index contributed by atoms with van der Waals surface area (Å²) in [4.78, 5) is 30.1. The molecule has 0 radical (unpaired) electrons. The molecule has 6 heteroatoms. The van der Waals surface area contributed by atoms with Crippen LogP contribution in [0.1, 0.15) is 119 Å². The van der Waals surface area contributed by atoms with E-state index in [4.69, 9.17) is 9.47 Å². The van der Waals surface area contributed by atoms with E-state index in [1.54, 1.807) is 24.3 Å². The van der Waals surface area contributed by atoms with Crippen molar-refractivity contribution in [3.63, 3.8) is 0 Å². The molecule has 1 aliphatic rings. The molecule has 0 saturated carbocycles. The monoisotopic (exact) mass is 564 g/mol. The van der Waals surface area contributed by atoms with Crippen molar-refractivity contribution in [3.8, 4) is 5.75 Å². The van der Waals surface area contributed by atoms with Crippen LogP contribution in [0.15, 0.2) is 48.5 Å². The molecule has 0 unspecified atom stereocenters. The quantitative estimate of drug-likeness (QED) is 0.103. The molecule has 1 aliphatic heterocycles. The molecule has 0 N–H and O–H groups in total. The third-order valence-electron chi connectivity index (χ3n) is 7.99. The maximum absolute atomic E-state index is 12.7. The molecule has 0 spiro atoms. The molecule has 226 valence electrons. The summed E-state index contributed by atoms with van der Waals surface area (Å²) in [6.07, 6.45) is 14.8. The van der Waals surface area contributed by atoms with Crippen LogP contribution in [0.3, 0.4) is 0 Å². The zero-order valence-electron chi connectivity index (χ0n) is 25.7. The Morgan fingerprint density at radius 1 is 0.683 bits per heavy atom. The summed E-state index contributed by atoms with van der Waals surface area (Å²) in [5, 5.41) is 0. The van der Waals surface area contributed by atoms with Crippen LogP contribution in [-0.4, -0.2) is 55.7 Å². The lowest BCUT2D eigenvalue weighted by molar-refractivity contribution is 0.0319. The molecule has 1 saturated heterocycles. The Morgan fingerprint density at radius 2 is 1.22 bits per heavy atom.